The van der Waals surface area contributed by atoms with Crippen molar-refractivity contribution in [3.05, 3.63) is 68.2 Å². The van der Waals surface area contributed by atoms with Crippen LogP contribution < -0.4 is 9.62 Å². The number of nitro groups is 1. The van der Waals surface area contributed by atoms with Gasteiger partial charge in [0.1, 0.15) is 12.6 Å². The summed E-state index contributed by atoms with van der Waals surface area (Å²) in [6.45, 7) is 4.96. The lowest BCUT2D eigenvalue weighted by Crippen LogP contribution is -2.51. The average molecular weight is 569 g/mol. The lowest BCUT2D eigenvalue weighted by molar-refractivity contribution is -0.384. The van der Waals surface area contributed by atoms with Crippen molar-refractivity contribution in [3.8, 4) is 0 Å². The number of halogens is 1. The maximum absolute atomic E-state index is 13.5. The van der Waals surface area contributed by atoms with Gasteiger partial charge < -0.3 is 10.2 Å². The van der Waals surface area contributed by atoms with Crippen molar-refractivity contribution < 1.29 is 22.9 Å². The highest BCUT2D eigenvalue weighted by atomic mass is 79.9. The van der Waals surface area contributed by atoms with Crippen molar-refractivity contribution in [1.29, 1.82) is 0 Å². The maximum atomic E-state index is 13.5. The molecule has 2 aromatic carbocycles. The fraction of sp³-hybridized carbons (Fsp3) is 0.391. The lowest BCUT2D eigenvalue weighted by atomic mass is 10.1. The van der Waals surface area contributed by atoms with Crippen molar-refractivity contribution in [2.45, 2.75) is 39.8 Å². The summed E-state index contributed by atoms with van der Waals surface area (Å²) in [7, 11) is -3.99. The molecule has 190 valence electrons. The standard InChI is InChI=1S/C23H29BrN4O6S/c1-5-12-25-23(30)17(3)26(14-18-7-9-19(24)10-8-18)22(29)15-27(35(4,33)34)21-13-20(28(31)32)11-6-16(21)2/h6-11,13,17H,5,12,14-15H2,1-4H3,(H,25,30)/t17-/m1/s1. The van der Waals surface area contributed by atoms with Crippen LogP contribution in [0.5, 0.6) is 0 Å². The van der Waals surface area contributed by atoms with Crippen LogP contribution >= 0.6 is 15.9 Å². The first-order valence-corrected chi connectivity index (χ1v) is 13.5. The van der Waals surface area contributed by atoms with E-state index in [1.807, 2.05) is 6.92 Å². The zero-order valence-electron chi connectivity index (χ0n) is 20.0. The molecule has 0 aliphatic carbocycles. The third kappa shape index (κ3) is 7.76. The zero-order chi connectivity index (χ0) is 26.3. The molecule has 0 aliphatic rings. The quantitative estimate of drug-likeness (QED) is 0.326. The van der Waals surface area contributed by atoms with Gasteiger partial charge in [-0.3, -0.25) is 24.0 Å². The number of hydrogen-bond donors (Lipinski definition) is 1. The topological polar surface area (TPSA) is 130 Å². The molecule has 2 rings (SSSR count). The Balaban J connectivity index is 2.45. The fourth-order valence-corrected chi connectivity index (χ4v) is 4.50. The summed E-state index contributed by atoms with van der Waals surface area (Å²) < 4.78 is 27.0. The number of carbonyl (C=O) groups excluding carboxylic acids is 2. The first-order valence-electron chi connectivity index (χ1n) is 10.9. The van der Waals surface area contributed by atoms with E-state index in [-0.39, 0.29) is 23.8 Å². The lowest BCUT2D eigenvalue weighted by Gasteiger charge is -2.31. The molecule has 0 saturated carbocycles. The predicted octanol–water partition coefficient (Wildman–Crippen LogP) is 3.38. The first kappa shape index (κ1) is 28.2. The number of nitro benzene ring substituents is 1. The number of non-ortho nitro benzene ring substituents is 1. The Morgan fingerprint density at radius 2 is 1.80 bits per heavy atom. The number of aryl methyl sites for hydroxylation is 1. The molecule has 0 fully saturated rings. The summed E-state index contributed by atoms with van der Waals surface area (Å²) in [5, 5.41) is 14.0. The Bertz CT molecular complexity index is 1190. The molecular weight excluding hydrogens is 540 g/mol. The van der Waals surface area contributed by atoms with Gasteiger partial charge in [-0.1, -0.05) is 41.1 Å². The molecule has 0 spiro atoms. The number of hydrogen-bond acceptors (Lipinski definition) is 6. The Kier molecular flexibility index (Phi) is 9.78. The Labute approximate surface area is 213 Å². The van der Waals surface area contributed by atoms with Crippen LogP contribution in [0.25, 0.3) is 0 Å². The van der Waals surface area contributed by atoms with Gasteiger partial charge in [0.05, 0.1) is 16.9 Å². The molecule has 2 amide bonds. The Morgan fingerprint density at radius 1 is 1.17 bits per heavy atom. The number of anilines is 1. The fourth-order valence-electron chi connectivity index (χ4n) is 3.34. The summed E-state index contributed by atoms with van der Waals surface area (Å²) >= 11 is 3.36. The summed E-state index contributed by atoms with van der Waals surface area (Å²) in [5.41, 5.74) is 0.920. The first-order chi connectivity index (χ1) is 16.3. The molecule has 0 radical (unpaired) electrons. The van der Waals surface area contributed by atoms with Gasteiger partial charge >= 0.3 is 0 Å². The third-order valence-corrected chi connectivity index (χ3v) is 6.99. The van der Waals surface area contributed by atoms with E-state index in [0.29, 0.717) is 18.5 Å². The SMILES string of the molecule is CCCNC(=O)[C@@H](C)N(Cc1ccc(Br)cc1)C(=O)CN(c1cc([N+](=O)[O-])ccc1C)S(C)(=O)=O. The summed E-state index contributed by atoms with van der Waals surface area (Å²) in [6.07, 6.45) is 1.64. The largest absolute Gasteiger partial charge is 0.354 e. The van der Waals surface area contributed by atoms with Crippen LogP contribution in [0.3, 0.4) is 0 Å². The third-order valence-electron chi connectivity index (χ3n) is 5.33. The van der Waals surface area contributed by atoms with Gasteiger partial charge in [0.25, 0.3) is 5.69 Å². The van der Waals surface area contributed by atoms with E-state index in [1.54, 1.807) is 38.1 Å². The maximum Gasteiger partial charge on any atom is 0.271 e. The van der Waals surface area contributed by atoms with Crippen LogP contribution in [0.1, 0.15) is 31.4 Å². The molecule has 0 bridgehead atoms. The minimum Gasteiger partial charge on any atom is -0.354 e. The van der Waals surface area contributed by atoms with Crippen molar-refractivity contribution >= 4 is 49.1 Å². The van der Waals surface area contributed by atoms with Crippen LogP contribution in [-0.2, 0) is 26.2 Å². The predicted molar refractivity (Wildman–Crippen MR) is 137 cm³/mol. The molecule has 12 heteroatoms. The smallest absolute Gasteiger partial charge is 0.271 e. The molecular formula is C23H29BrN4O6S. The van der Waals surface area contributed by atoms with Gasteiger partial charge in [0.15, 0.2) is 0 Å². The molecule has 0 aromatic heterocycles. The number of amides is 2. The monoisotopic (exact) mass is 568 g/mol. The molecule has 35 heavy (non-hydrogen) atoms. The van der Waals surface area contributed by atoms with Crippen LogP contribution in [0.4, 0.5) is 11.4 Å². The van der Waals surface area contributed by atoms with Crippen LogP contribution in [0.2, 0.25) is 0 Å². The van der Waals surface area contributed by atoms with Crippen molar-refractivity contribution in [2.75, 3.05) is 23.7 Å². The van der Waals surface area contributed by atoms with Crippen LogP contribution in [0.15, 0.2) is 46.9 Å². The number of rotatable bonds is 11. The van der Waals surface area contributed by atoms with E-state index in [9.17, 15) is 28.1 Å². The second kappa shape index (κ2) is 12.1. The second-order valence-corrected chi connectivity index (χ2v) is 10.9. The molecule has 0 heterocycles. The molecule has 1 atom stereocenters. The highest BCUT2D eigenvalue weighted by molar-refractivity contribution is 9.10. The number of carbonyl (C=O) groups is 2. The molecule has 2 aromatic rings. The minimum absolute atomic E-state index is 0.0294. The molecule has 10 nitrogen and oxygen atoms in total. The average Bonchev–Trinajstić information content (AvgIpc) is 2.79. The molecule has 0 unspecified atom stereocenters. The van der Waals surface area contributed by atoms with E-state index >= 15 is 0 Å². The van der Waals surface area contributed by atoms with Crippen LogP contribution in [-0.4, -0.2) is 55.4 Å². The van der Waals surface area contributed by atoms with Crippen molar-refractivity contribution in [1.82, 2.24) is 10.2 Å². The highest BCUT2D eigenvalue weighted by Crippen LogP contribution is 2.28. The highest BCUT2D eigenvalue weighted by Gasteiger charge is 2.31. The second-order valence-electron chi connectivity index (χ2n) is 8.11. The Hall–Kier alpha value is -2.99. The van der Waals surface area contributed by atoms with Gasteiger partial charge in [0.2, 0.25) is 21.8 Å². The van der Waals surface area contributed by atoms with Crippen molar-refractivity contribution in [2.24, 2.45) is 0 Å². The zero-order valence-corrected chi connectivity index (χ0v) is 22.4. The summed E-state index contributed by atoms with van der Waals surface area (Å²) in [6, 6.07) is 10.1. The van der Waals surface area contributed by atoms with E-state index in [2.05, 4.69) is 21.2 Å². The number of sulfonamides is 1. The molecule has 0 saturated heterocycles. The van der Waals surface area contributed by atoms with Crippen molar-refractivity contribution in [3.63, 3.8) is 0 Å². The van der Waals surface area contributed by atoms with E-state index in [4.69, 9.17) is 0 Å². The minimum atomic E-state index is -3.99. The molecule has 1 N–H and O–H groups in total. The normalized spacial score (nSPS) is 12.0. The van der Waals surface area contributed by atoms with Gasteiger partial charge in [-0.2, -0.15) is 0 Å². The summed E-state index contributed by atoms with van der Waals surface area (Å²) in [4.78, 5) is 38.1. The number of benzene rings is 2. The Morgan fingerprint density at radius 3 is 2.34 bits per heavy atom. The van der Waals surface area contributed by atoms with E-state index in [0.717, 1.165) is 26.7 Å². The van der Waals surface area contributed by atoms with Gasteiger partial charge in [-0.15, -0.1) is 0 Å². The number of nitrogens with zero attached hydrogens (tertiary/aromatic N) is 3. The van der Waals surface area contributed by atoms with Gasteiger partial charge in [-0.05, 0) is 43.5 Å². The molecule has 0 aliphatic heterocycles. The van der Waals surface area contributed by atoms with Gasteiger partial charge in [-0.25, -0.2) is 8.42 Å². The summed E-state index contributed by atoms with van der Waals surface area (Å²) in [5.74, 6) is -0.988. The van der Waals surface area contributed by atoms with E-state index in [1.165, 1.54) is 17.0 Å². The van der Waals surface area contributed by atoms with E-state index < -0.39 is 33.4 Å². The van der Waals surface area contributed by atoms with Gasteiger partial charge in [0, 0.05) is 29.7 Å². The number of nitrogens with one attached hydrogen (secondary N) is 1. The van der Waals surface area contributed by atoms with Crippen LogP contribution in [0, 0.1) is 17.0 Å².